The van der Waals surface area contributed by atoms with E-state index in [0.29, 0.717) is 5.92 Å². The predicted molar refractivity (Wildman–Crippen MR) is 77.8 cm³/mol. The highest BCUT2D eigenvalue weighted by Gasteiger charge is 2.37. The van der Waals surface area contributed by atoms with Gasteiger partial charge in [-0.15, -0.1) is 11.3 Å². The highest BCUT2D eigenvalue weighted by Crippen LogP contribution is 2.39. The van der Waals surface area contributed by atoms with Crippen molar-refractivity contribution in [3.63, 3.8) is 0 Å². The van der Waals surface area contributed by atoms with E-state index in [4.69, 9.17) is 0 Å². The monoisotopic (exact) mass is 267 g/mol. The van der Waals surface area contributed by atoms with Gasteiger partial charge in [0.1, 0.15) is 0 Å². The van der Waals surface area contributed by atoms with Crippen LogP contribution in [-0.4, -0.2) is 29.7 Å². The lowest BCUT2D eigenvalue weighted by molar-refractivity contribution is -0.0414. The number of rotatable bonds is 4. The molecule has 1 fully saturated rings. The first-order valence-corrected chi connectivity index (χ1v) is 7.76. The first kappa shape index (κ1) is 14.0. The molecular weight excluding hydrogens is 242 g/mol. The summed E-state index contributed by atoms with van der Waals surface area (Å²) in [6, 6.07) is 4.29. The fraction of sp³-hybridized carbons (Fsp3) is 0.733. The van der Waals surface area contributed by atoms with E-state index in [1.807, 2.05) is 11.3 Å². The maximum atomic E-state index is 10.4. The minimum absolute atomic E-state index is 0.0900. The SMILES string of the molecule is CN(Cc1cccs1)CC1CCCC(C)(C)C1O. The summed E-state index contributed by atoms with van der Waals surface area (Å²) in [6.45, 7) is 6.40. The molecule has 1 aliphatic carbocycles. The molecule has 18 heavy (non-hydrogen) atoms. The predicted octanol–water partition coefficient (Wildman–Crippen LogP) is 3.37. The molecule has 0 spiro atoms. The Morgan fingerprint density at radius 2 is 2.28 bits per heavy atom. The fourth-order valence-corrected chi connectivity index (χ4v) is 3.87. The molecule has 2 atom stereocenters. The van der Waals surface area contributed by atoms with Crippen LogP contribution < -0.4 is 0 Å². The van der Waals surface area contributed by atoms with Gasteiger partial charge >= 0.3 is 0 Å². The van der Waals surface area contributed by atoms with Crippen molar-refractivity contribution in [2.75, 3.05) is 13.6 Å². The van der Waals surface area contributed by atoms with Gasteiger partial charge in [-0.3, -0.25) is 0 Å². The highest BCUT2D eigenvalue weighted by molar-refractivity contribution is 7.09. The third kappa shape index (κ3) is 3.34. The molecule has 0 aliphatic heterocycles. The summed E-state index contributed by atoms with van der Waals surface area (Å²) in [6.07, 6.45) is 3.41. The molecule has 0 radical (unpaired) electrons. The van der Waals surface area contributed by atoms with Crippen LogP contribution in [0.4, 0.5) is 0 Å². The summed E-state index contributed by atoms with van der Waals surface area (Å²) < 4.78 is 0. The van der Waals surface area contributed by atoms with Gasteiger partial charge in [-0.05, 0) is 42.7 Å². The maximum Gasteiger partial charge on any atom is 0.0631 e. The first-order valence-electron chi connectivity index (χ1n) is 6.88. The number of nitrogens with zero attached hydrogens (tertiary/aromatic N) is 1. The van der Waals surface area contributed by atoms with Gasteiger partial charge in [0.25, 0.3) is 0 Å². The first-order chi connectivity index (χ1) is 8.49. The van der Waals surface area contributed by atoms with Gasteiger partial charge in [0.05, 0.1) is 6.10 Å². The van der Waals surface area contributed by atoms with Gasteiger partial charge in [-0.25, -0.2) is 0 Å². The van der Waals surface area contributed by atoms with E-state index in [-0.39, 0.29) is 11.5 Å². The van der Waals surface area contributed by atoms with Crippen molar-refractivity contribution >= 4 is 11.3 Å². The van der Waals surface area contributed by atoms with Crippen molar-refractivity contribution in [2.45, 2.75) is 45.8 Å². The molecule has 1 aromatic heterocycles. The van der Waals surface area contributed by atoms with Gasteiger partial charge in [0, 0.05) is 18.0 Å². The van der Waals surface area contributed by atoms with Crippen LogP contribution in [0, 0.1) is 11.3 Å². The molecule has 0 aromatic carbocycles. The Hall–Kier alpha value is -0.380. The van der Waals surface area contributed by atoms with Crippen molar-refractivity contribution in [3.8, 4) is 0 Å². The number of hydrogen-bond donors (Lipinski definition) is 1. The van der Waals surface area contributed by atoms with Crippen molar-refractivity contribution in [1.82, 2.24) is 4.90 Å². The minimum Gasteiger partial charge on any atom is -0.392 e. The zero-order valence-electron chi connectivity index (χ0n) is 11.7. The summed E-state index contributed by atoms with van der Waals surface area (Å²) in [7, 11) is 2.16. The summed E-state index contributed by atoms with van der Waals surface area (Å²) in [5.74, 6) is 0.429. The Labute approximate surface area is 115 Å². The molecule has 2 rings (SSSR count). The van der Waals surface area contributed by atoms with Crippen LogP contribution in [0.25, 0.3) is 0 Å². The molecule has 2 nitrogen and oxygen atoms in total. The highest BCUT2D eigenvalue weighted by atomic mass is 32.1. The second-order valence-electron chi connectivity index (χ2n) is 6.36. The third-order valence-corrected chi connectivity index (χ3v) is 5.06. The molecule has 0 saturated heterocycles. The lowest BCUT2D eigenvalue weighted by Crippen LogP contribution is -2.44. The summed E-state index contributed by atoms with van der Waals surface area (Å²) in [4.78, 5) is 3.75. The smallest absolute Gasteiger partial charge is 0.0631 e. The van der Waals surface area contributed by atoms with Crippen LogP contribution in [0.3, 0.4) is 0 Å². The second-order valence-corrected chi connectivity index (χ2v) is 7.39. The third-order valence-electron chi connectivity index (χ3n) is 4.20. The number of thiophene rings is 1. The molecule has 1 saturated carbocycles. The standard InChI is InChI=1S/C15H25NOS/c1-15(2)8-4-6-12(14(15)17)10-16(3)11-13-7-5-9-18-13/h5,7,9,12,14,17H,4,6,8,10-11H2,1-3H3. The van der Waals surface area contributed by atoms with Gasteiger partial charge < -0.3 is 10.0 Å². The lowest BCUT2D eigenvalue weighted by atomic mass is 9.69. The van der Waals surface area contributed by atoms with Crippen LogP contribution in [0.2, 0.25) is 0 Å². The van der Waals surface area contributed by atoms with E-state index < -0.39 is 0 Å². The molecule has 0 bridgehead atoms. The summed E-state index contributed by atoms with van der Waals surface area (Å²) in [5, 5.41) is 12.6. The second kappa shape index (κ2) is 5.72. The molecule has 1 aliphatic rings. The molecule has 1 heterocycles. The Kier molecular flexibility index (Phi) is 4.46. The van der Waals surface area contributed by atoms with Crippen molar-refractivity contribution in [1.29, 1.82) is 0 Å². The van der Waals surface area contributed by atoms with Crippen LogP contribution in [0.1, 0.15) is 38.0 Å². The number of hydrogen-bond acceptors (Lipinski definition) is 3. The van der Waals surface area contributed by atoms with Crippen molar-refractivity contribution < 1.29 is 5.11 Å². The Balaban J connectivity index is 1.88. The van der Waals surface area contributed by atoms with Crippen molar-refractivity contribution in [3.05, 3.63) is 22.4 Å². The zero-order chi connectivity index (χ0) is 13.2. The Morgan fingerprint density at radius 3 is 2.94 bits per heavy atom. The Morgan fingerprint density at radius 1 is 1.50 bits per heavy atom. The topological polar surface area (TPSA) is 23.5 Å². The molecule has 2 unspecified atom stereocenters. The van der Waals surface area contributed by atoms with Crippen LogP contribution in [0.15, 0.2) is 17.5 Å². The fourth-order valence-electron chi connectivity index (χ4n) is 3.09. The van der Waals surface area contributed by atoms with E-state index in [1.54, 1.807) is 0 Å². The van der Waals surface area contributed by atoms with E-state index in [2.05, 4.69) is 43.3 Å². The van der Waals surface area contributed by atoms with Crippen LogP contribution in [-0.2, 0) is 6.54 Å². The van der Waals surface area contributed by atoms with Gasteiger partial charge in [-0.1, -0.05) is 26.3 Å². The number of aliphatic hydroxyl groups excluding tert-OH is 1. The average Bonchev–Trinajstić information content (AvgIpc) is 2.77. The zero-order valence-corrected chi connectivity index (χ0v) is 12.5. The van der Waals surface area contributed by atoms with E-state index in [1.165, 1.54) is 17.7 Å². The Bertz CT molecular complexity index is 361. The minimum atomic E-state index is -0.156. The van der Waals surface area contributed by atoms with E-state index in [9.17, 15) is 5.11 Å². The molecule has 1 aromatic rings. The largest absolute Gasteiger partial charge is 0.392 e. The van der Waals surface area contributed by atoms with Crippen LogP contribution >= 0.6 is 11.3 Å². The molecule has 3 heteroatoms. The molecule has 0 amide bonds. The summed E-state index contributed by atoms with van der Waals surface area (Å²) >= 11 is 1.81. The summed E-state index contributed by atoms with van der Waals surface area (Å²) in [5.41, 5.74) is 0.0900. The van der Waals surface area contributed by atoms with Crippen LogP contribution in [0.5, 0.6) is 0 Å². The van der Waals surface area contributed by atoms with Gasteiger partial charge in [-0.2, -0.15) is 0 Å². The quantitative estimate of drug-likeness (QED) is 0.904. The molecule has 1 N–H and O–H groups in total. The van der Waals surface area contributed by atoms with E-state index >= 15 is 0 Å². The van der Waals surface area contributed by atoms with Gasteiger partial charge in [0.15, 0.2) is 0 Å². The number of aliphatic hydroxyl groups is 1. The maximum absolute atomic E-state index is 10.4. The normalized spacial score (nSPS) is 27.6. The molecular formula is C15H25NOS. The lowest BCUT2D eigenvalue weighted by Gasteiger charge is -2.42. The average molecular weight is 267 g/mol. The molecule has 102 valence electrons. The van der Waals surface area contributed by atoms with E-state index in [0.717, 1.165) is 19.5 Å². The van der Waals surface area contributed by atoms with Gasteiger partial charge in [0.2, 0.25) is 0 Å². The van der Waals surface area contributed by atoms with Crippen molar-refractivity contribution in [2.24, 2.45) is 11.3 Å².